The lowest BCUT2D eigenvalue weighted by Crippen LogP contribution is -2.24. The van der Waals surface area contributed by atoms with Crippen LogP contribution in [0.3, 0.4) is 0 Å². The van der Waals surface area contributed by atoms with E-state index >= 15 is 0 Å². The summed E-state index contributed by atoms with van der Waals surface area (Å²) in [5.41, 5.74) is 2.84. The van der Waals surface area contributed by atoms with Gasteiger partial charge in [0.2, 0.25) is 0 Å². The van der Waals surface area contributed by atoms with Crippen LogP contribution >= 0.6 is 0 Å². The first kappa shape index (κ1) is 27.0. The SMILES string of the molecule is C.CC(C)(C)C1[B]C(C(C)(C)C)C=C1.CC(C)(C)C1[B][B]C(C(C)(C)C)[B]1. The quantitative estimate of drug-likeness (QED) is 0.315. The van der Waals surface area contributed by atoms with E-state index in [1.807, 2.05) is 0 Å². The first-order chi connectivity index (χ1) is 11.4. The molecular weight excluding hydrogens is 320 g/mol. The van der Waals surface area contributed by atoms with E-state index in [2.05, 4.69) is 124 Å². The summed E-state index contributed by atoms with van der Waals surface area (Å²) in [5.74, 6) is 1.30. The standard InChI is InChI=1S/C12H22B.C10H20B3.CH4/c1-11(2,3)9-7-8-10(13-9)12(4,5)6;1-9(2,3)7-11-8(13-12-7)10(4,5)6;/h7-10H,1-6H3;7-8H,1-6H3;1H4. The lowest BCUT2D eigenvalue weighted by Gasteiger charge is -2.31. The van der Waals surface area contributed by atoms with E-state index in [9.17, 15) is 0 Å². The fraction of sp³-hybridized carbons (Fsp3) is 0.913. The molecule has 1 fully saturated rings. The third kappa shape index (κ3) is 8.49. The summed E-state index contributed by atoms with van der Waals surface area (Å²) in [6, 6.07) is 0. The molecule has 0 nitrogen and oxygen atoms in total. The maximum absolute atomic E-state index is 2.50. The van der Waals surface area contributed by atoms with Crippen molar-refractivity contribution in [3.05, 3.63) is 12.2 Å². The summed E-state index contributed by atoms with van der Waals surface area (Å²) >= 11 is 0. The van der Waals surface area contributed by atoms with Crippen molar-refractivity contribution in [1.82, 2.24) is 0 Å². The van der Waals surface area contributed by atoms with Crippen LogP contribution in [-0.4, -0.2) is 28.9 Å². The highest BCUT2D eigenvalue weighted by molar-refractivity contribution is 7.12. The number of hydrogen-bond donors (Lipinski definition) is 0. The van der Waals surface area contributed by atoms with E-state index in [-0.39, 0.29) is 7.43 Å². The molecule has 4 radical (unpaired) electrons. The predicted octanol–water partition coefficient (Wildman–Crippen LogP) is 7.18. The topological polar surface area (TPSA) is 0 Å². The Labute approximate surface area is 176 Å². The number of allylic oxidation sites excluding steroid dienone is 2. The molecule has 0 amide bonds. The summed E-state index contributed by atoms with van der Waals surface area (Å²) in [5, 5.41) is 0. The van der Waals surface area contributed by atoms with Crippen molar-refractivity contribution in [1.29, 1.82) is 0 Å². The van der Waals surface area contributed by atoms with Gasteiger partial charge >= 0.3 is 0 Å². The zero-order chi connectivity index (χ0) is 20.6. The minimum absolute atomic E-state index is 0. The Hall–Kier alpha value is -0.000260. The molecule has 2 heterocycles. The molecule has 150 valence electrons. The van der Waals surface area contributed by atoms with Gasteiger partial charge < -0.3 is 0 Å². The van der Waals surface area contributed by atoms with E-state index in [4.69, 9.17) is 0 Å². The Kier molecular flexibility index (Phi) is 9.21. The second kappa shape index (κ2) is 9.21. The first-order valence-corrected chi connectivity index (χ1v) is 10.5. The Morgan fingerprint density at radius 1 is 0.481 bits per heavy atom. The summed E-state index contributed by atoms with van der Waals surface area (Å²) < 4.78 is 0. The van der Waals surface area contributed by atoms with Crippen LogP contribution in [0, 0.1) is 21.7 Å². The molecule has 4 heteroatoms. The molecule has 27 heavy (non-hydrogen) atoms. The van der Waals surface area contributed by atoms with E-state index in [0.717, 1.165) is 0 Å². The Morgan fingerprint density at radius 2 is 0.778 bits per heavy atom. The van der Waals surface area contributed by atoms with Gasteiger partial charge in [-0.2, -0.15) is 0 Å². The van der Waals surface area contributed by atoms with Crippen molar-refractivity contribution in [3.63, 3.8) is 0 Å². The molecule has 0 aromatic carbocycles. The average molecular weight is 366 g/mol. The fourth-order valence-electron chi connectivity index (χ4n) is 3.49. The lowest BCUT2D eigenvalue weighted by atomic mass is 9.33. The van der Waals surface area contributed by atoms with E-state index < -0.39 is 0 Å². The van der Waals surface area contributed by atoms with Gasteiger partial charge in [0.05, 0.1) is 21.6 Å². The largest absolute Gasteiger partial charge is 0.129 e. The van der Waals surface area contributed by atoms with Crippen molar-refractivity contribution >= 4 is 28.9 Å². The molecule has 1 saturated heterocycles. The van der Waals surface area contributed by atoms with E-state index in [1.54, 1.807) is 0 Å². The second-order valence-electron chi connectivity index (χ2n) is 12.7. The van der Waals surface area contributed by atoms with Crippen molar-refractivity contribution < 1.29 is 0 Å². The number of rotatable bonds is 0. The minimum atomic E-state index is 0. The molecule has 0 spiro atoms. The fourth-order valence-corrected chi connectivity index (χ4v) is 3.49. The van der Waals surface area contributed by atoms with Crippen molar-refractivity contribution in [2.45, 2.75) is 114 Å². The summed E-state index contributed by atoms with van der Waals surface area (Å²) in [6.45, 7) is 27.7. The molecule has 2 rings (SSSR count). The molecule has 0 saturated carbocycles. The van der Waals surface area contributed by atoms with Crippen LogP contribution in [0.25, 0.3) is 0 Å². The van der Waals surface area contributed by atoms with Gasteiger partial charge in [-0.25, -0.2) is 0 Å². The summed E-state index contributed by atoms with van der Waals surface area (Å²) in [4.78, 5) is 0. The summed E-state index contributed by atoms with van der Waals surface area (Å²) in [6.07, 6.45) is 4.74. The Morgan fingerprint density at radius 3 is 0.926 bits per heavy atom. The second-order valence-corrected chi connectivity index (χ2v) is 12.7. The first-order valence-electron chi connectivity index (χ1n) is 10.5. The van der Waals surface area contributed by atoms with Crippen LogP contribution < -0.4 is 0 Å². The van der Waals surface area contributed by atoms with Crippen LogP contribution in [0.2, 0.25) is 23.1 Å². The van der Waals surface area contributed by atoms with Crippen LogP contribution in [-0.2, 0) is 0 Å². The highest BCUT2D eigenvalue weighted by Crippen LogP contribution is 2.45. The van der Waals surface area contributed by atoms with E-state index in [0.29, 0.717) is 44.7 Å². The maximum Gasteiger partial charge on any atom is 0.129 e. The predicted molar refractivity (Wildman–Crippen MR) is 132 cm³/mol. The van der Waals surface area contributed by atoms with Crippen LogP contribution in [0.1, 0.15) is 90.5 Å². The van der Waals surface area contributed by atoms with Crippen LogP contribution in [0.15, 0.2) is 12.2 Å². The molecule has 4 atom stereocenters. The van der Waals surface area contributed by atoms with Gasteiger partial charge in [-0.1, -0.05) is 114 Å². The normalized spacial score (nSPS) is 28.0. The van der Waals surface area contributed by atoms with Gasteiger partial charge in [-0.05, 0) is 33.3 Å². The van der Waals surface area contributed by atoms with Gasteiger partial charge in [-0.3, -0.25) is 0 Å². The molecular formula is C23H46B4. The Balaban J connectivity index is 0.000000483. The highest BCUT2D eigenvalue weighted by Gasteiger charge is 2.39. The smallest absolute Gasteiger partial charge is 0.0979 e. The zero-order valence-electron chi connectivity index (χ0n) is 19.8. The van der Waals surface area contributed by atoms with Crippen molar-refractivity contribution in [2.75, 3.05) is 0 Å². The van der Waals surface area contributed by atoms with Gasteiger partial charge in [0, 0.05) is 0 Å². The molecule has 2 aliphatic rings. The Bertz CT molecular complexity index is 427. The molecule has 0 N–H and O–H groups in total. The molecule has 0 aromatic heterocycles. The lowest BCUT2D eigenvalue weighted by molar-refractivity contribution is 0.403. The van der Waals surface area contributed by atoms with Gasteiger partial charge in [0.15, 0.2) is 0 Å². The highest BCUT2D eigenvalue weighted by atomic mass is 14.3. The molecule has 0 bridgehead atoms. The third-order valence-electron chi connectivity index (χ3n) is 5.88. The average Bonchev–Trinajstić information content (AvgIpc) is 3.06. The third-order valence-corrected chi connectivity index (χ3v) is 5.88. The molecule has 2 aliphatic heterocycles. The van der Waals surface area contributed by atoms with Crippen LogP contribution in [0.4, 0.5) is 0 Å². The van der Waals surface area contributed by atoms with Gasteiger partial charge in [0.25, 0.3) is 0 Å². The molecule has 0 aliphatic carbocycles. The van der Waals surface area contributed by atoms with Gasteiger partial charge in [-0.15, -0.1) is 0 Å². The molecule has 0 aromatic rings. The maximum atomic E-state index is 2.50. The number of hydrogen-bond acceptors (Lipinski definition) is 0. The van der Waals surface area contributed by atoms with Crippen molar-refractivity contribution in [2.24, 2.45) is 21.7 Å². The van der Waals surface area contributed by atoms with Crippen LogP contribution in [0.5, 0.6) is 0 Å². The van der Waals surface area contributed by atoms with E-state index in [1.165, 1.54) is 0 Å². The van der Waals surface area contributed by atoms with Gasteiger partial charge in [0.1, 0.15) is 7.28 Å². The monoisotopic (exact) mass is 366 g/mol. The molecule has 4 unspecified atom stereocenters. The minimum Gasteiger partial charge on any atom is -0.0979 e. The summed E-state index contributed by atoms with van der Waals surface area (Å²) in [7, 11) is 9.74. The van der Waals surface area contributed by atoms with Crippen molar-refractivity contribution in [3.8, 4) is 0 Å². The zero-order valence-corrected chi connectivity index (χ0v) is 19.8.